The summed E-state index contributed by atoms with van der Waals surface area (Å²) < 4.78 is 16.9. The largest absolute Gasteiger partial charge is 0.493 e. The Balaban J connectivity index is 0.00000312. The molecule has 0 bridgehead atoms. The van der Waals surface area contributed by atoms with Crippen LogP contribution in [0, 0.1) is 5.92 Å². The second kappa shape index (κ2) is 10.2. The van der Waals surface area contributed by atoms with Crippen LogP contribution in [0.25, 0.3) is 0 Å². The Kier molecular flexibility index (Phi) is 8.59. The summed E-state index contributed by atoms with van der Waals surface area (Å²) in [5.41, 5.74) is 8.45. The zero-order chi connectivity index (χ0) is 17.5. The summed E-state index contributed by atoms with van der Waals surface area (Å²) in [4.78, 5) is 0. The van der Waals surface area contributed by atoms with Crippen LogP contribution < -0.4 is 19.9 Å². The van der Waals surface area contributed by atoms with Crippen LogP contribution in [-0.2, 0) is 6.61 Å². The molecule has 0 aliphatic rings. The van der Waals surface area contributed by atoms with E-state index in [9.17, 15) is 0 Å². The molecule has 25 heavy (non-hydrogen) atoms. The van der Waals surface area contributed by atoms with Crippen molar-refractivity contribution in [1.29, 1.82) is 0 Å². The molecule has 138 valence electrons. The van der Waals surface area contributed by atoms with Crippen LogP contribution in [0.3, 0.4) is 0 Å². The molecule has 0 aliphatic heterocycles. The molecule has 0 unspecified atom stereocenters. The number of hydrogen-bond donors (Lipinski definition) is 1. The van der Waals surface area contributed by atoms with Crippen molar-refractivity contribution in [2.75, 3.05) is 14.2 Å². The highest BCUT2D eigenvalue weighted by Crippen LogP contribution is 2.38. The molecule has 0 radical (unpaired) electrons. The van der Waals surface area contributed by atoms with Gasteiger partial charge in [-0.1, -0.05) is 44.2 Å². The Morgan fingerprint density at radius 2 is 1.52 bits per heavy atom. The highest BCUT2D eigenvalue weighted by atomic mass is 35.5. The normalized spacial score (nSPS) is 11.6. The first-order valence-corrected chi connectivity index (χ1v) is 8.23. The Morgan fingerprint density at radius 1 is 0.920 bits per heavy atom. The van der Waals surface area contributed by atoms with Gasteiger partial charge in [-0.25, -0.2) is 0 Å². The molecular formula is C20H28ClNO3. The van der Waals surface area contributed by atoms with Gasteiger partial charge in [-0.15, -0.1) is 12.4 Å². The van der Waals surface area contributed by atoms with E-state index < -0.39 is 0 Å². The minimum atomic E-state index is -0.115. The molecule has 0 fully saturated rings. The Morgan fingerprint density at radius 3 is 2.08 bits per heavy atom. The van der Waals surface area contributed by atoms with E-state index >= 15 is 0 Å². The molecule has 0 saturated carbocycles. The van der Waals surface area contributed by atoms with E-state index in [0.717, 1.165) is 23.3 Å². The minimum absolute atomic E-state index is 0. The van der Waals surface area contributed by atoms with Crippen LogP contribution in [0.15, 0.2) is 42.5 Å². The van der Waals surface area contributed by atoms with E-state index in [2.05, 4.69) is 13.8 Å². The Labute approximate surface area is 156 Å². The summed E-state index contributed by atoms with van der Waals surface area (Å²) in [5, 5.41) is 0. The third kappa shape index (κ3) is 5.83. The number of halogens is 1. The SMILES string of the molecule is COc1cc(OCc2ccccc2)c([C@H](N)CC(C)C)cc1OC.Cl. The van der Waals surface area contributed by atoms with Gasteiger partial charge < -0.3 is 19.9 Å². The average Bonchev–Trinajstić information content (AvgIpc) is 2.59. The zero-order valence-corrected chi connectivity index (χ0v) is 16.1. The molecule has 0 aromatic heterocycles. The maximum Gasteiger partial charge on any atom is 0.164 e. The average molecular weight is 366 g/mol. The molecule has 0 spiro atoms. The molecule has 2 rings (SSSR count). The summed E-state index contributed by atoms with van der Waals surface area (Å²) in [6, 6.07) is 13.7. The summed E-state index contributed by atoms with van der Waals surface area (Å²) in [6.07, 6.45) is 0.872. The van der Waals surface area contributed by atoms with Crippen LogP contribution >= 0.6 is 12.4 Å². The molecule has 2 N–H and O–H groups in total. The van der Waals surface area contributed by atoms with Gasteiger partial charge in [0.2, 0.25) is 0 Å². The number of rotatable bonds is 8. The molecule has 4 nitrogen and oxygen atoms in total. The third-order valence-electron chi connectivity index (χ3n) is 3.88. The van der Waals surface area contributed by atoms with Gasteiger partial charge in [0, 0.05) is 17.7 Å². The number of nitrogens with two attached hydrogens (primary N) is 1. The van der Waals surface area contributed by atoms with Crippen LogP contribution in [0.4, 0.5) is 0 Å². The van der Waals surface area contributed by atoms with E-state index in [0.29, 0.717) is 24.0 Å². The van der Waals surface area contributed by atoms with Crippen LogP contribution in [0.2, 0.25) is 0 Å². The summed E-state index contributed by atoms with van der Waals surface area (Å²) in [6.45, 7) is 4.80. The van der Waals surface area contributed by atoms with Gasteiger partial charge in [0.25, 0.3) is 0 Å². The van der Waals surface area contributed by atoms with Crippen molar-refractivity contribution < 1.29 is 14.2 Å². The fraction of sp³-hybridized carbons (Fsp3) is 0.400. The van der Waals surface area contributed by atoms with Crippen molar-refractivity contribution in [2.45, 2.75) is 32.9 Å². The van der Waals surface area contributed by atoms with Gasteiger partial charge in [0.1, 0.15) is 12.4 Å². The molecule has 0 aliphatic carbocycles. The number of benzene rings is 2. The van der Waals surface area contributed by atoms with Gasteiger partial charge in [-0.05, 0) is 24.0 Å². The van der Waals surface area contributed by atoms with Crippen molar-refractivity contribution in [3.05, 3.63) is 53.6 Å². The quantitative estimate of drug-likeness (QED) is 0.733. The first-order chi connectivity index (χ1) is 11.5. The van der Waals surface area contributed by atoms with E-state index in [1.54, 1.807) is 14.2 Å². The van der Waals surface area contributed by atoms with Crippen LogP contribution in [-0.4, -0.2) is 14.2 Å². The summed E-state index contributed by atoms with van der Waals surface area (Å²) in [5.74, 6) is 2.54. The highest BCUT2D eigenvalue weighted by molar-refractivity contribution is 5.85. The van der Waals surface area contributed by atoms with Gasteiger partial charge in [0.15, 0.2) is 11.5 Å². The van der Waals surface area contributed by atoms with Crippen LogP contribution in [0.5, 0.6) is 17.2 Å². The van der Waals surface area contributed by atoms with Crippen LogP contribution in [0.1, 0.15) is 37.4 Å². The van der Waals surface area contributed by atoms with E-state index in [4.69, 9.17) is 19.9 Å². The second-order valence-electron chi connectivity index (χ2n) is 6.26. The highest BCUT2D eigenvalue weighted by Gasteiger charge is 2.18. The summed E-state index contributed by atoms with van der Waals surface area (Å²) >= 11 is 0. The fourth-order valence-corrected chi connectivity index (χ4v) is 2.66. The Bertz CT molecular complexity index is 647. The molecule has 0 amide bonds. The third-order valence-corrected chi connectivity index (χ3v) is 3.88. The number of hydrogen-bond acceptors (Lipinski definition) is 4. The number of ether oxygens (including phenoxy) is 3. The lowest BCUT2D eigenvalue weighted by Gasteiger charge is -2.21. The molecule has 2 aromatic carbocycles. The fourth-order valence-electron chi connectivity index (χ4n) is 2.66. The monoisotopic (exact) mass is 365 g/mol. The first kappa shape index (κ1) is 21.1. The molecule has 1 atom stereocenters. The maximum absolute atomic E-state index is 6.40. The van der Waals surface area contributed by atoms with Gasteiger partial charge in [-0.3, -0.25) is 0 Å². The molecule has 2 aromatic rings. The number of methoxy groups -OCH3 is 2. The van der Waals surface area contributed by atoms with Crippen molar-refractivity contribution in [1.82, 2.24) is 0 Å². The lowest BCUT2D eigenvalue weighted by Crippen LogP contribution is -2.15. The lowest BCUT2D eigenvalue weighted by molar-refractivity contribution is 0.293. The van der Waals surface area contributed by atoms with Gasteiger partial charge in [0.05, 0.1) is 14.2 Å². The van der Waals surface area contributed by atoms with E-state index in [-0.39, 0.29) is 18.4 Å². The molecular weight excluding hydrogens is 338 g/mol. The Hall–Kier alpha value is -1.91. The summed E-state index contributed by atoms with van der Waals surface area (Å²) in [7, 11) is 3.24. The predicted molar refractivity (Wildman–Crippen MR) is 104 cm³/mol. The van der Waals surface area contributed by atoms with Crippen molar-refractivity contribution >= 4 is 12.4 Å². The molecule has 5 heteroatoms. The predicted octanol–water partition coefficient (Wildman–Crippen LogP) is 4.75. The van der Waals surface area contributed by atoms with Gasteiger partial charge in [-0.2, -0.15) is 0 Å². The van der Waals surface area contributed by atoms with Crippen molar-refractivity contribution in [3.8, 4) is 17.2 Å². The topological polar surface area (TPSA) is 53.7 Å². The molecule has 0 heterocycles. The second-order valence-corrected chi connectivity index (χ2v) is 6.26. The zero-order valence-electron chi connectivity index (χ0n) is 15.3. The van der Waals surface area contributed by atoms with Crippen molar-refractivity contribution in [2.24, 2.45) is 11.7 Å². The van der Waals surface area contributed by atoms with E-state index in [1.807, 2.05) is 42.5 Å². The minimum Gasteiger partial charge on any atom is -0.493 e. The van der Waals surface area contributed by atoms with Crippen molar-refractivity contribution in [3.63, 3.8) is 0 Å². The smallest absolute Gasteiger partial charge is 0.164 e. The standard InChI is InChI=1S/C20H27NO3.ClH/c1-14(2)10-17(21)16-11-19(22-3)20(23-4)12-18(16)24-13-15-8-6-5-7-9-15;/h5-9,11-12,14,17H,10,13,21H2,1-4H3;1H/t17-;/m1./s1. The molecule has 0 saturated heterocycles. The lowest BCUT2D eigenvalue weighted by atomic mass is 9.96. The maximum atomic E-state index is 6.40. The van der Waals surface area contributed by atoms with E-state index in [1.165, 1.54) is 0 Å². The van der Waals surface area contributed by atoms with Gasteiger partial charge >= 0.3 is 0 Å². The first-order valence-electron chi connectivity index (χ1n) is 8.23.